The Kier molecular flexibility index (Phi) is 4.60. The molecule has 0 bridgehead atoms. The van der Waals surface area contributed by atoms with E-state index in [0.29, 0.717) is 0 Å². The van der Waals surface area contributed by atoms with E-state index in [0.717, 1.165) is 24.5 Å². The first-order chi connectivity index (χ1) is 7.04. The fourth-order valence-electron chi connectivity index (χ4n) is 1.10. The maximum Gasteiger partial charge on any atom is 0.0965 e. The van der Waals surface area contributed by atoms with Gasteiger partial charge >= 0.3 is 0 Å². The van der Waals surface area contributed by atoms with Gasteiger partial charge in [-0.15, -0.1) is 5.10 Å². The molecule has 4 nitrogen and oxygen atoms in total. The van der Waals surface area contributed by atoms with E-state index in [1.54, 1.807) is 0 Å². The van der Waals surface area contributed by atoms with Crippen LogP contribution in [0.5, 0.6) is 0 Å². The highest BCUT2D eigenvalue weighted by atomic mass is 32.2. The van der Waals surface area contributed by atoms with Crippen molar-refractivity contribution in [1.29, 1.82) is 0 Å². The van der Waals surface area contributed by atoms with Gasteiger partial charge in [0.25, 0.3) is 0 Å². The van der Waals surface area contributed by atoms with Crippen LogP contribution >= 0.6 is 11.8 Å². The zero-order chi connectivity index (χ0) is 11.3. The minimum Gasteiger partial charge on any atom is -0.310 e. The summed E-state index contributed by atoms with van der Waals surface area (Å²) in [6.45, 7) is 8.17. The summed E-state index contributed by atoms with van der Waals surface area (Å²) in [5.41, 5.74) is 1.02. The van der Waals surface area contributed by atoms with Crippen LogP contribution in [0, 0.1) is 0 Å². The molecule has 0 aliphatic heterocycles. The van der Waals surface area contributed by atoms with E-state index in [9.17, 15) is 0 Å². The molecule has 0 radical (unpaired) electrons. The molecule has 0 amide bonds. The van der Waals surface area contributed by atoms with Gasteiger partial charge in [-0.1, -0.05) is 5.21 Å². The Hall–Kier alpha value is -0.550. The van der Waals surface area contributed by atoms with Crippen LogP contribution in [0.25, 0.3) is 0 Å². The molecule has 0 spiro atoms. The SMILES string of the molecule is CSCCNCc1cn(C(C)(C)C)nn1. The van der Waals surface area contributed by atoms with Gasteiger partial charge < -0.3 is 5.32 Å². The average Bonchev–Trinajstić information content (AvgIpc) is 2.60. The van der Waals surface area contributed by atoms with Crippen molar-refractivity contribution in [3.8, 4) is 0 Å². The van der Waals surface area contributed by atoms with Gasteiger partial charge in [0.15, 0.2) is 0 Å². The summed E-state index contributed by atoms with van der Waals surface area (Å²) in [5, 5.41) is 11.6. The van der Waals surface area contributed by atoms with Crippen LogP contribution in [-0.4, -0.2) is 33.5 Å². The van der Waals surface area contributed by atoms with Crippen LogP contribution in [0.3, 0.4) is 0 Å². The van der Waals surface area contributed by atoms with E-state index in [1.807, 2.05) is 22.6 Å². The minimum atomic E-state index is 0.0184. The highest BCUT2D eigenvalue weighted by Crippen LogP contribution is 2.11. The van der Waals surface area contributed by atoms with Gasteiger partial charge in [0.05, 0.1) is 17.4 Å². The van der Waals surface area contributed by atoms with Gasteiger partial charge in [0.2, 0.25) is 0 Å². The Bertz CT molecular complexity index is 290. The molecule has 1 aromatic rings. The van der Waals surface area contributed by atoms with Crippen LogP contribution in [0.15, 0.2) is 6.20 Å². The van der Waals surface area contributed by atoms with Crippen LogP contribution in [0.4, 0.5) is 0 Å². The highest BCUT2D eigenvalue weighted by Gasteiger charge is 2.14. The number of nitrogens with one attached hydrogen (secondary N) is 1. The summed E-state index contributed by atoms with van der Waals surface area (Å²) in [6.07, 6.45) is 4.11. The molecule has 0 saturated heterocycles. The number of hydrogen-bond donors (Lipinski definition) is 1. The molecule has 0 aliphatic carbocycles. The summed E-state index contributed by atoms with van der Waals surface area (Å²) in [6, 6.07) is 0. The first-order valence-electron chi connectivity index (χ1n) is 5.15. The summed E-state index contributed by atoms with van der Waals surface area (Å²) < 4.78 is 1.90. The second-order valence-electron chi connectivity index (χ2n) is 4.49. The maximum absolute atomic E-state index is 4.12. The Morgan fingerprint density at radius 2 is 2.20 bits per heavy atom. The maximum atomic E-state index is 4.12. The van der Waals surface area contributed by atoms with Gasteiger partial charge in [-0.3, -0.25) is 0 Å². The molecule has 1 heterocycles. The molecule has 1 N–H and O–H groups in total. The van der Waals surface area contributed by atoms with Crippen molar-refractivity contribution in [2.45, 2.75) is 32.9 Å². The van der Waals surface area contributed by atoms with Gasteiger partial charge in [-0.2, -0.15) is 11.8 Å². The number of rotatable bonds is 5. The molecular weight excluding hydrogens is 208 g/mol. The van der Waals surface area contributed by atoms with Gasteiger partial charge in [-0.05, 0) is 27.0 Å². The van der Waals surface area contributed by atoms with E-state index in [-0.39, 0.29) is 5.54 Å². The predicted octanol–water partition coefficient (Wildman–Crippen LogP) is 1.49. The Morgan fingerprint density at radius 1 is 1.47 bits per heavy atom. The summed E-state index contributed by atoms with van der Waals surface area (Å²) in [5.74, 6) is 1.13. The smallest absolute Gasteiger partial charge is 0.0965 e. The second kappa shape index (κ2) is 5.51. The number of aromatic nitrogens is 3. The number of nitrogens with zero attached hydrogens (tertiary/aromatic N) is 3. The van der Waals surface area contributed by atoms with Crippen LogP contribution in [0.2, 0.25) is 0 Å². The van der Waals surface area contributed by atoms with Crippen LogP contribution in [-0.2, 0) is 12.1 Å². The van der Waals surface area contributed by atoms with E-state index < -0.39 is 0 Å². The molecule has 0 aromatic carbocycles. The third-order valence-electron chi connectivity index (χ3n) is 2.02. The van der Waals surface area contributed by atoms with Crippen molar-refractivity contribution in [3.63, 3.8) is 0 Å². The van der Waals surface area contributed by atoms with Crippen molar-refractivity contribution < 1.29 is 0 Å². The minimum absolute atomic E-state index is 0.0184. The van der Waals surface area contributed by atoms with Gasteiger partial charge in [0, 0.05) is 18.8 Å². The van der Waals surface area contributed by atoms with Crippen molar-refractivity contribution in [2.75, 3.05) is 18.6 Å². The number of hydrogen-bond acceptors (Lipinski definition) is 4. The lowest BCUT2D eigenvalue weighted by Gasteiger charge is -2.17. The molecule has 0 atom stereocenters. The molecule has 0 saturated carbocycles. The standard InChI is InChI=1S/C10H20N4S/c1-10(2,3)14-8-9(12-13-14)7-11-5-6-15-4/h8,11H,5-7H2,1-4H3. The topological polar surface area (TPSA) is 42.7 Å². The van der Waals surface area contributed by atoms with E-state index in [4.69, 9.17) is 0 Å². The van der Waals surface area contributed by atoms with E-state index in [2.05, 4.69) is 42.7 Å². The summed E-state index contributed by atoms with van der Waals surface area (Å²) in [7, 11) is 0. The molecule has 1 rings (SSSR count). The Labute approximate surface area is 95.8 Å². The first kappa shape index (κ1) is 12.5. The Balaban J connectivity index is 2.40. The largest absolute Gasteiger partial charge is 0.310 e. The Morgan fingerprint density at radius 3 is 2.73 bits per heavy atom. The van der Waals surface area contributed by atoms with Crippen molar-refractivity contribution in [1.82, 2.24) is 20.3 Å². The van der Waals surface area contributed by atoms with Crippen molar-refractivity contribution in [2.24, 2.45) is 0 Å². The van der Waals surface area contributed by atoms with Gasteiger partial charge in [0.1, 0.15) is 0 Å². The lowest BCUT2D eigenvalue weighted by Crippen LogP contribution is -2.22. The molecule has 0 fully saturated rings. The zero-order valence-corrected chi connectivity index (χ0v) is 10.8. The quantitative estimate of drug-likeness (QED) is 0.775. The summed E-state index contributed by atoms with van der Waals surface area (Å²) in [4.78, 5) is 0. The molecule has 5 heteroatoms. The van der Waals surface area contributed by atoms with Crippen molar-refractivity contribution in [3.05, 3.63) is 11.9 Å². The third-order valence-corrected chi connectivity index (χ3v) is 2.63. The average molecular weight is 228 g/mol. The normalized spacial score (nSPS) is 12.0. The van der Waals surface area contributed by atoms with E-state index >= 15 is 0 Å². The van der Waals surface area contributed by atoms with Crippen molar-refractivity contribution >= 4 is 11.8 Å². The second-order valence-corrected chi connectivity index (χ2v) is 5.48. The fourth-order valence-corrected chi connectivity index (χ4v) is 1.45. The highest BCUT2D eigenvalue weighted by molar-refractivity contribution is 7.98. The zero-order valence-electron chi connectivity index (χ0n) is 9.95. The molecule has 86 valence electrons. The molecule has 0 unspecified atom stereocenters. The lowest BCUT2D eigenvalue weighted by molar-refractivity contribution is 0.347. The van der Waals surface area contributed by atoms with Gasteiger partial charge in [-0.25, -0.2) is 4.68 Å². The molecule has 0 aliphatic rings. The van der Waals surface area contributed by atoms with E-state index in [1.165, 1.54) is 0 Å². The fraction of sp³-hybridized carbons (Fsp3) is 0.800. The monoisotopic (exact) mass is 228 g/mol. The molecule has 1 aromatic heterocycles. The predicted molar refractivity (Wildman–Crippen MR) is 65.1 cm³/mol. The molecular formula is C10H20N4S. The first-order valence-corrected chi connectivity index (χ1v) is 6.55. The van der Waals surface area contributed by atoms with Crippen LogP contribution in [0.1, 0.15) is 26.5 Å². The summed E-state index contributed by atoms with van der Waals surface area (Å²) >= 11 is 1.84. The lowest BCUT2D eigenvalue weighted by atomic mass is 10.1. The number of thioether (sulfide) groups is 1. The third kappa shape index (κ3) is 4.22. The molecule has 15 heavy (non-hydrogen) atoms. The van der Waals surface area contributed by atoms with Crippen LogP contribution < -0.4 is 5.32 Å².